The molecule has 3 rings (SSSR count). The molecular weight excluding hydrogens is 334 g/mol. The first-order valence-corrected chi connectivity index (χ1v) is 9.25. The van der Waals surface area contributed by atoms with Crippen molar-refractivity contribution in [2.45, 2.75) is 26.9 Å². The number of amides is 1. The van der Waals surface area contributed by atoms with Crippen LogP contribution in [-0.2, 0) is 13.1 Å². The lowest BCUT2D eigenvalue weighted by Crippen LogP contribution is -2.30. The molecule has 0 unspecified atom stereocenters. The van der Waals surface area contributed by atoms with Gasteiger partial charge in [0.1, 0.15) is 5.69 Å². The first kappa shape index (κ1) is 18.6. The SMILES string of the molecule is CCN(Cc1ccccc1)C(=O)c1ccc(NCc2ccccc2C)cn1. The van der Waals surface area contributed by atoms with Crippen LogP contribution >= 0.6 is 0 Å². The van der Waals surface area contributed by atoms with Crippen LogP contribution in [0.4, 0.5) is 5.69 Å². The number of hydrogen-bond acceptors (Lipinski definition) is 3. The van der Waals surface area contributed by atoms with E-state index < -0.39 is 0 Å². The topological polar surface area (TPSA) is 45.2 Å². The summed E-state index contributed by atoms with van der Waals surface area (Å²) in [5.41, 5.74) is 4.99. The Bertz CT molecular complexity index is 876. The maximum absolute atomic E-state index is 12.8. The zero-order valence-corrected chi connectivity index (χ0v) is 15.9. The molecule has 3 aromatic rings. The Hall–Kier alpha value is -3.14. The Labute approximate surface area is 160 Å². The smallest absolute Gasteiger partial charge is 0.272 e. The molecule has 0 saturated carbocycles. The second-order valence-corrected chi connectivity index (χ2v) is 6.52. The summed E-state index contributed by atoms with van der Waals surface area (Å²) in [6, 6.07) is 22.0. The van der Waals surface area contributed by atoms with E-state index in [4.69, 9.17) is 0 Å². The second-order valence-electron chi connectivity index (χ2n) is 6.52. The van der Waals surface area contributed by atoms with Crippen LogP contribution in [0.2, 0.25) is 0 Å². The van der Waals surface area contributed by atoms with E-state index in [1.54, 1.807) is 17.2 Å². The van der Waals surface area contributed by atoms with E-state index in [0.29, 0.717) is 18.8 Å². The Morgan fingerprint density at radius 2 is 1.74 bits per heavy atom. The summed E-state index contributed by atoms with van der Waals surface area (Å²) in [5, 5.41) is 3.36. The van der Waals surface area contributed by atoms with Crippen molar-refractivity contribution in [1.29, 1.82) is 0 Å². The summed E-state index contributed by atoms with van der Waals surface area (Å²) in [6.45, 7) is 6.05. The molecule has 2 aromatic carbocycles. The van der Waals surface area contributed by atoms with Gasteiger partial charge in [-0.25, -0.2) is 4.98 Å². The third-order valence-corrected chi connectivity index (χ3v) is 4.61. The number of benzene rings is 2. The summed E-state index contributed by atoms with van der Waals surface area (Å²) >= 11 is 0. The molecule has 0 radical (unpaired) electrons. The van der Waals surface area contributed by atoms with Gasteiger partial charge in [0.05, 0.1) is 11.9 Å². The molecule has 4 nitrogen and oxygen atoms in total. The Balaban J connectivity index is 1.63. The van der Waals surface area contributed by atoms with Gasteiger partial charge in [-0.1, -0.05) is 54.6 Å². The molecule has 1 amide bonds. The summed E-state index contributed by atoms with van der Waals surface area (Å²) in [6.07, 6.45) is 1.72. The van der Waals surface area contributed by atoms with Crippen LogP contribution in [-0.4, -0.2) is 22.3 Å². The minimum absolute atomic E-state index is 0.0493. The van der Waals surface area contributed by atoms with Crippen LogP contribution in [0, 0.1) is 6.92 Å². The Morgan fingerprint density at radius 3 is 2.41 bits per heavy atom. The van der Waals surface area contributed by atoms with Gasteiger partial charge in [-0.15, -0.1) is 0 Å². The molecule has 0 aliphatic rings. The molecule has 0 atom stereocenters. The highest BCUT2D eigenvalue weighted by Crippen LogP contribution is 2.14. The van der Waals surface area contributed by atoms with Gasteiger partial charge in [-0.2, -0.15) is 0 Å². The van der Waals surface area contributed by atoms with Crippen LogP contribution in [0.3, 0.4) is 0 Å². The zero-order chi connectivity index (χ0) is 19.1. The lowest BCUT2D eigenvalue weighted by atomic mass is 10.1. The van der Waals surface area contributed by atoms with Gasteiger partial charge in [0.2, 0.25) is 0 Å². The number of pyridine rings is 1. The normalized spacial score (nSPS) is 10.4. The van der Waals surface area contributed by atoms with Gasteiger partial charge in [0.15, 0.2) is 0 Å². The highest BCUT2D eigenvalue weighted by Gasteiger charge is 2.15. The average Bonchev–Trinajstić information content (AvgIpc) is 2.72. The Morgan fingerprint density at radius 1 is 1.00 bits per heavy atom. The van der Waals surface area contributed by atoms with E-state index in [2.05, 4.69) is 29.4 Å². The molecule has 1 heterocycles. The lowest BCUT2D eigenvalue weighted by Gasteiger charge is -2.20. The van der Waals surface area contributed by atoms with E-state index >= 15 is 0 Å². The van der Waals surface area contributed by atoms with Crippen LogP contribution in [0.5, 0.6) is 0 Å². The molecule has 4 heteroatoms. The fourth-order valence-electron chi connectivity index (χ4n) is 2.92. The van der Waals surface area contributed by atoms with E-state index in [-0.39, 0.29) is 5.91 Å². The van der Waals surface area contributed by atoms with Gasteiger partial charge in [-0.05, 0) is 42.7 Å². The molecule has 0 fully saturated rings. The third kappa shape index (κ3) is 4.94. The number of rotatable bonds is 7. The molecule has 0 aliphatic carbocycles. The van der Waals surface area contributed by atoms with Crippen LogP contribution in [0.15, 0.2) is 72.9 Å². The van der Waals surface area contributed by atoms with E-state index in [1.165, 1.54) is 11.1 Å². The van der Waals surface area contributed by atoms with Gasteiger partial charge >= 0.3 is 0 Å². The van der Waals surface area contributed by atoms with E-state index in [9.17, 15) is 4.79 Å². The number of aryl methyl sites for hydroxylation is 1. The predicted molar refractivity (Wildman–Crippen MR) is 110 cm³/mol. The number of carbonyl (C=O) groups is 1. The van der Waals surface area contributed by atoms with Crippen molar-refractivity contribution < 1.29 is 4.79 Å². The summed E-state index contributed by atoms with van der Waals surface area (Å²) < 4.78 is 0. The van der Waals surface area contributed by atoms with Crippen LogP contribution in [0.1, 0.15) is 34.1 Å². The van der Waals surface area contributed by atoms with Crippen molar-refractivity contribution >= 4 is 11.6 Å². The van der Waals surface area contributed by atoms with Crippen molar-refractivity contribution in [3.63, 3.8) is 0 Å². The van der Waals surface area contributed by atoms with Crippen molar-refractivity contribution in [2.24, 2.45) is 0 Å². The molecule has 0 saturated heterocycles. The third-order valence-electron chi connectivity index (χ3n) is 4.61. The first-order chi connectivity index (χ1) is 13.2. The van der Waals surface area contributed by atoms with Crippen molar-refractivity contribution in [3.05, 3.63) is 95.3 Å². The standard InChI is InChI=1S/C23H25N3O/c1-3-26(17-19-10-5-4-6-11-19)23(27)22-14-13-21(16-25-22)24-15-20-12-8-7-9-18(20)2/h4-14,16,24H,3,15,17H2,1-2H3. The molecule has 0 bridgehead atoms. The molecule has 1 N–H and O–H groups in total. The van der Waals surface area contributed by atoms with Gasteiger partial charge < -0.3 is 10.2 Å². The highest BCUT2D eigenvalue weighted by molar-refractivity contribution is 5.92. The summed E-state index contributed by atoms with van der Waals surface area (Å²) in [5.74, 6) is -0.0493. The Kier molecular flexibility index (Phi) is 6.21. The summed E-state index contributed by atoms with van der Waals surface area (Å²) in [7, 11) is 0. The van der Waals surface area contributed by atoms with E-state index in [1.807, 2.05) is 55.5 Å². The maximum atomic E-state index is 12.8. The fourth-order valence-corrected chi connectivity index (χ4v) is 2.92. The van der Waals surface area contributed by atoms with Gasteiger partial charge in [0, 0.05) is 19.6 Å². The molecule has 0 spiro atoms. The maximum Gasteiger partial charge on any atom is 0.272 e. The number of carbonyl (C=O) groups excluding carboxylic acids is 1. The van der Waals surface area contributed by atoms with Crippen LogP contribution < -0.4 is 5.32 Å². The number of hydrogen-bond donors (Lipinski definition) is 1. The molecule has 0 aliphatic heterocycles. The molecule has 1 aromatic heterocycles. The first-order valence-electron chi connectivity index (χ1n) is 9.25. The minimum Gasteiger partial charge on any atom is -0.380 e. The molecular formula is C23H25N3O. The number of nitrogens with one attached hydrogen (secondary N) is 1. The fraction of sp³-hybridized carbons (Fsp3) is 0.217. The number of aromatic nitrogens is 1. The molecule has 27 heavy (non-hydrogen) atoms. The van der Waals surface area contributed by atoms with Crippen molar-refractivity contribution in [3.8, 4) is 0 Å². The second kappa shape index (κ2) is 8.99. The van der Waals surface area contributed by atoms with Gasteiger partial charge in [0.25, 0.3) is 5.91 Å². The monoisotopic (exact) mass is 359 g/mol. The quantitative estimate of drug-likeness (QED) is 0.667. The minimum atomic E-state index is -0.0493. The van der Waals surface area contributed by atoms with Crippen molar-refractivity contribution in [2.75, 3.05) is 11.9 Å². The zero-order valence-electron chi connectivity index (χ0n) is 15.9. The van der Waals surface area contributed by atoms with Crippen LogP contribution in [0.25, 0.3) is 0 Å². The number of nitrogens with zero attached hydrogens (tertiary/aromatic N) is 2. The lowest BCUT2D eigenvalue weighted by molar-refractivity contribution is 0.0746. The summed E-state index contributed by atoms with van der Waals surface area (Å²) in [4.78, 5) is 18.9. The number of anilines is 1. The van der Waals surface area contributed by atoms with E-state index in [0.717, 1.165) is 17.8 Å². The molecule has 138 valence electrons. The highest BCUT2D eigenvalue weighted by atomic mass is 16.2. The predicted octanol–water partition coefficient (Wildman–Crippen LogP) is 4.66. The van der Waals surface area contributed by atoms with Crippen molar-refractivity contribution in [1.82, 2.24) is 9.88 Å². The van der Waals surface area contributed by atoms with Gasteiger partial charge in [-0.3, -0.25) is 4.79 Å². The average molecular weight is 359 g/mol. The largest absolute Gasteiger partial charge is 0.380 e.